The molecule has 3 rings (SSSR count). The van der Waals surface area contributed by atoms with Gasteiger partial charge in [-0.25, -0.2) is 9.97 Å². The molecule has 3 aromatic heterocycles. The van der Waals surface area contributed by atoms with E-state index in [2.05, 4.69) is 48.4 Å². The Kier molecular flexibility index (Phi) is 6.34. The first-order chi connectivity index (χ1) is 13.8. The number of anilines is 1. The van der Waals surface area contributed by atoms with Gasteiger partial charge in [-0.3, -0.25) is 9.20 Å². The monoisotopic (exact) mass is 483 g/mol. The Morgan fingerprint density at radius 2 is 2.14 bits per heavy atom. The second kappa shape index (κ2) is 8.75. The molecule has 29 heavy (non-hydrogen) atoms. The van der Waals surface area contributed by atoms with Gasteiger partial charge in [-0.2, -0.15) is 13.2 Å². The fourth-order valence-electron chi connectivity index (χ4n) is 2.34. The highest BCUT2D eigenvalue weighted by Gasteiger charge is 2.33. The molecule has 0 aromatic carbocycles. The molecule has 0 radical (unpaired) electrons. The van der Waals surface area contributed by atoms with Gasteiger partial charge in [0.25, 0.3) is 5.91 Å². The number of thioether (sulfide) groups is 1. The minimum Gasteiger partial charge on any atom is -0.373 e. The molecule has 0 unspecified atom stereocenters. The molecule has 0 saturated carbocycles. The zero-order chi connectivity index (χ0) is 21.0. The molecule has 0 bridgehead atoms. The molecular formula is C18H13BrF3N5OS. The van der Waals surface area contributed by atoms with Crippen LogP contribution in [-0.2, 0) is 0 Å². The van der Waals surface area contributed by atoms with Crippen molar-refractivity contribution in [3.8, 4) is 11.8 Å². The van der Waals surface area contributed by atoms with Gasteiger partial charge in [-0.1, -0.05) is 5.92 Å². The van der Waals surface area contributed by atoms with Gasteiger partial charge in [0, 0.05) is 25.0 Å². The van der Waals surface area contributed by atoms with E-state index < -0.39 is 5.51 Å². The average molecular weight is 484 g/mol. The normalized spacial score (nSPS) is 11.1. The van der Waals surface area contributed by atoms with E-state index >= 15 is 0 Å². The second-order valence-corrected chi connectivity index (χ2v) is 7.44. The number of pyridine rings is 2. The lowest BCUT2D eigenvalue weighted by Gasteiger charge is -2.06. The third-order valence-corrected chi connectivity index (χ3v) is 5.02. The predicted molar refractivity (Wildman–Crippen MR) is 108 cm³/mol. The van der Waals surface area contributed by atoms with Crippen LogP contribution in [0.15, 0.2) is 46.2 Å². The summed E-state index contributed by atoms with van der Waals surface area (Å²) in [4.78, 5) is 19.7. The van der Waals surface area contributed by atoms with Crippen molar-refractivity contribution in [2.75, 3.05) is 18.9 Å². The van der Waals surface area contributed by atoms with Crippen molar-refractivity contribution in [1.82, 2.24) is 19.7 Å². The molecule has 0 saturated heterocycles. The summed E-state index contributed by atoms with van der Waals surface area (Å²) >= 11 is 3.03. The fourth-order valence-corrected chi connectivity index (χ4v) is 3.43. The van der Waals surface area contributed by atoms with Crippen LogP contribution in [0.25, 0.3) is 5.65 Å². The lowest BCUT2D eigenvalue weighted by atomic mass is 10.3. The van der Waals surface area contributed by atoms with Crippen LogP contribution >= 0.6 is 27.7 Å². The molecule has 0 aliphatic heterocycles. The number of aromatic nitrogens is 3. The summed E-state index contributed by atoms with van der Waals surface area (Å²) in [5.41, 5.74) is -3.19. The number of nitrogens with one attached hydrogen (secondary N) is 2. The van der Waals surface area contributed by atoms with Crippen molar-refractivity contribution in [2.45, 2.75) is 10.5 Å². The van der Waals surface area contributed by atoms with Gasteiger partial charge in [0.15, 0.2) is 5.65 Å². The van der Waals surface area contributed by atoms with Crippen molar-refractivity contribution in [3.05, 3.63) is 52.5 Å². The second-order valence-electron chi connectivity index (χ2n) is 5.53. The van der Waals surface area contributed by atoms with Gasteiger partial charge in [0.2, 0.25) is 0 Å². The largest absolute Gasteiger partial charge is 0.447 e. The number of nitrogens with zero attached hydrogens (tertiary/aromatic N) is 3. The van der Waals surface area contributed by atoms with E-state index in [-0.39, 0.29) is 40.6 Å². The summed E-state index contributed by atoms with van der Waals surface area (Å²) in [6.07, 6.45) is 2.98. The van der Waals surface area contributed by atoms with Crippen LogP contribution < -0.4 is 10.6 Å². The first kappa shape index (κ1) is 21.0. The highest BCUT2D eigenvalue weighted by molar-refractivity contribution is 9.10. The van der Waals surface area contributed by atoms with Crippen LogP contribution in [-0.4, -0.2) is 39.4 Å². The lowest BCUT2D eigenvalue weighted by Crippen LogP contribution is -2.19. The number of hydrogen-bond acceptors (Lipinski definition) is 5. The van der Waals surface area contributed by atoms with Crippen molar-refractivity contribution in [2.24, 2.45) is 0 Å². The number of halogens is 4. The van der Waals surface area contributed by atoms with E-state index in [1.807, 2.05) is 0 Å². The summed E-state index contributed by atoms with van der Waals surface area (Å²) < 4.78 is 40.8. The first-order valence-electron chi connectivity index (χ1n) is 8.11. The molecule has 0 aliphatic rings. The van der Waals surface area contributed by atoms with E-state index in [1.165, 1.54) is 23.8 Å². The Balaban J connectivity index is 1.78. The van der Waals surface area contributed by atoms with E-state index in [0.717, 1.165) is 0 Å². The molecule has 1 amide bonds. The molecule has 3 aromatic rings. The third kappa shape index (κ3) is 5.21. The predicted octanol–water partition coefficient (Wildman–Crippen LogP) is 3.93. The maximum absolute atomic E-state index is 13.0. The minimum absolute atomic E-state index is 0.0362. The topological polar surface area (TPSA) is 71.3 Å². The Labute approximate surface area is 176 Å². The van der Waals surface area contributed by atoms with Crippen LogP contribution in [0.5, 0.6) is 0 Å². The summed E-state index contributed by atoms with van der Waals surface area (Å²) in [5.74, 6) is 5.15. The quantitative estimate of drug-likeness (QED) is 0.434. The van der Waals surface area contributed by atoms with Crippen LogP contribution in [0, 0.1) is 11.8 Å². The van der Waals surface area contributed by atoms with Crippen molar-refractivity contribution in [3.63, 3.8) is 0 Å². The summed E-state index contributed by atoms with van der Waals surface area (Å²) in [5, 5.41) is 5.34. The highest BCUT2D eigenvalue weighted by Crippen LogP contribution is 2.39. The van der Waals surface area contributed by atoms with Gasteiger partial charge in [-0.15, -0.1) is 0 Å². The Morgan fingerprint density at radius 3 is 2.79 bits per heavy atom. The molecule has 0 atom stereocenters. The van der Waals surface area contributed by atoms with Gasteiger partial charge >= 0.3 is 5.51 Å². The summed E-state index contributed by atoms with van der Waals surface area (Å²) in [6, 6.07) is 6.52. The number of fused-ring (bicyclic) bond motifs is 1. The van der Waals surface area contributed by atoms with Gasteiger partial charge in [0.05, 0.1) is 22.9 Å². The fraction of sp³-hybridized carbons (Fsp3) is 0.167. The SMILES string of the molecule is CNC(=O)c1ccc(NCC#Cc2nc3c(Br)cccn3c2SC(F)(F)F)cn1. The van der Waals surface area contributed by atoms with E-state index in [9.17, 15) is 18.0 Å². The molecule has 150 valence electrons. The number of carbonyl (C=O) groups is 1. The summed E-state index contributed by atoms with van der Waals surface area (Å²) in [7, 11) is 1.51. The minimum atomic E-state index is -4.47. The zero-order valence-electron chi connectivity index (χ0n) is 14.8. The maximum atomic E-state index is 13.0. The third-order valence-electron chi connectivity index (χ3n) is 3.58. The molecular weight excluding hydrogens is 471 g/mol. The standard InChI is InChI=1S/C18H13BrF3N5OS/c1-23-16(28)13-7-6-11(10-25-13)24-8-2-5-14-17(29-18(20,21)22)27-9-3-4-12(19)15(27)26-14/h3-4,6-7,9-10,24H,8H2,1H3,(H,23,28). The first-order valence-corrected chi connectivity index (χ1v) is 9.72. The number of rotatable bonds is 4. The number of carbonyl (C=O) groups excluding carboxylic acids is 1. The maximum Gasteiger partial charge on any atom is 0.447 e. The Hall–Kier alpha value is -2.71. The number of imidazole rings is 1. The van der Waals surface area contributed by atoms with Crippen molar-refractivity contribution in [1.29, 1.82) is 0 Å². The van der Waals surface area contributed by atoms with Crippen molar-refractivity contribution < 1.29 is 18.0 Å². The van der Waals surface area contributed by atoms with Crippen LogP contribution in [0.1, 0.15) is 16.2 Å². The van der Waals surface area contributed by atoms with Crippen LogP contribution in [0.4, 0.5) is 18.9 Å². The average Bonchev–Trinajstić information content (AvgIpc) is 3.02. The zero-order valence-corrected chi connectivity index (χ0v) is 17.2. The Bertz CT molecular complexity index is 1100. The molecule has 3 heterocycles. The number of amides is 1. The highest BCUT2D eigenvalue weighted by atomic mass is 79.9. The van der Waals surface area contributed by atoms with E-state index in [0.29, 0.717) is 15.8 Å². The number of alkyl halides is 3. The summed E-state index contributed by atoms with van der Waals surface area (Å²) in [6.45, 7) is 0.159. The molecule has 0 spiro atoms. The van der Waals surface area contributed by atoms with E-state index in [1.54, 1.807) is 24.3 Å². The molecule has 6 nitrogen and oxygen atoms in total. The van der Waals surface area contributed by atoms with Crippen LogP contribution in [0.3, 0.4) is 0 Å². The molecule has 2 N–H and O–H groups in total. The van der Waals surface area contributed by atoms with Gasteiger partial charge < -0.3 is 10.6 Å². The lowest BCUT2D eigenvalue weighted by molar-refractivity contribution is -0.0329. The van der Waals surface area contributed by atoms with Crippen LogP contribution in [0.2, 0.25) is 0 Å². The van der Waals surface area contributed by atoms with Crippen molar-refractivity contribution >= 4 is 44.9 Å². The van der Waals surface area contributed by atoms with Gasteiger partial charge in [-0.05, 0) is 46.1 Å². The molecule has 11 heteroatoms. The molecule has 0 aliphatic carbocycles. The number of hydrogen-bond donors (Lipinski definition) is 2. The Morgan fingerprint density at radius 1 is 1.34 bits per heavy atom. The van der Waals surface area contributed by atoms with E-state index in [4.69, 9.17) is 0 Å². The smallest absolute Gasteiger partial charge is 0.373 e. The molecule has 0 fully saturated rings. The van der Waals surface area contributed by atoms with Gasteiger partial charge in [0.1, 0.15) is 16.4 Å².